The number of benzene rings is 2. The Kier molecular flexibility index (Phi) is 7.87. The molecule has 0 saturated heterocycles. The van der Waals surface area contributed by atoms with Gasteiger partial charge >= 0.3 is 0 Å². The van der Waals surface area contributed by atoms with Crippen LogP contribution in [0.5, 0.6) is 11.5 Å². The van der Waals surface area contributed by atoms with Gasteiger partial charge in [-0.1, -0.05) is 51.1 Å². The first-order valence-corrected chi connectivity index (χ1v) is 11.0. The van der Waals surface area contributed by atoms with E-state index in [0.717, 1.165) is 11.1 Å². The van der Waals surface area contributed by atoms with Crippen LogP contribution in [0.3, 0.4) is 0 Å². The van der Waals surface area contributed by atoms with Crippen molar-refractivity contribution in [3.05, 3.63) is 59.4 Å². The van der Waals surface area contributed by atoms with Gasteiger partial charge in [0.1, 0.15) is 0 Å². The molecule has 0 atom stereocenters. The summed E-state index contributed by atoms with van der Waals surface area (Å²) in [7, 11) is 1.60. The highest BCUT2D eigenvalue weighted by atomic mass is 16.5. The van der Waals surface area contributed by atoms with Crippen LogP contribution in [0.4, 0.5) is 5.69 Å². The Bertz CT molecular complexity index is 1130. The van der Waals surface area contributed by atoms with Gasteiger partial charge in [-0.05, 0) is 48.2 Å². The maximum Gasteiger partial charge on any atom is 0.260 e. The molecule has 1 amide bonds. The van der Waals surface area contributed by atoms with Gasteiger partial charge < -0.3 is 19.3 Å². The highest BCUT2D eigenvalue weighted by Gasteiger charge is 2.17. The van der Waals surface area contributed by atoms with E-state index < -0.39 is 0 Å². The fourth-order valence-electron chi connectivity index (χ4n) is 3.09. The lowest BCUT2D eigenvalue weighted by atomic mass is 10.1. The fraction of sp³-hybridized carbons (Fsp3) is 0.346. The minimum atomic E-state index is -0.270. The molecule has 0 spiro atoms. The molecule has 0 aliphatic heterocycles. The van der Waals surface area contributed by atoms with Gasteiger partial charge in [-0.3, -0.25) is 4.79 Å². The van der Waals surface area contributed by atoms with Gasteiger partial charge in [-0.25, -0.2) is 0 Å². The number of hydrogen-bond donors (Lipinski definition) is 1. The summed E-state index contributed by atoms with van der Waals surface area (Å²) in [5.74, 6) is 2.59. The van der Waals surface area contributed by atoms with Crippen molar-refractivity contribution in [3.63, 3.8) is 0 Å². The monoisotopic (exact) mass is 449 g/mol. The quantitative estimate of drug-likeness (QED) is 0.412. The van der Waals surface area contributed by atoms with Gasteiger partial charge in [0, 0.05) is 12.0 Å². The maximum absolute atomic E-state index is 12.7. The van der Waals surface area contributed by atoms with Crippen molar-refractivity contribution in [2.45, 2.75) is 40.5 Å². The number of aromatic nitrogens is 2. The molecule has 7 heteroatoms. The van der Waals surface area contributed by atoms with E-state index in [0.29, 0.717) is 47.0 Å². The van der Waals surface area contributed by atoms with Crippen LogP contribution in [0, 0.1) is 12.8 Å². The fourth-order valence-corrected chi connectivity index (χ4v) is 3.09. The third kappa shape index (κ3) is 6.22. The van der Waals surface area contributed by atoms with E-state index in [2.05, 4.69) is 29.3 Å². The summed E-state index contributed by atoms with van der Waals surface area (Å²) in [6, 6.07) is 11.2. The first-order valence-electron chi connectivity index (χ1n) is 11.0. The van der Waals surface area contributed by atoms with Gasteiger partial charge in [-0.2, -0.15) is 4.98 Å². The molecule has 33 heavy (non-hydrogen) atoms. The van der Waals surface area contributed by atoms with Crippen LogP contribution in [0.15, 0.2) is 47.0 Å². The normalized spacial score (nSPS) is 11.4. The second-order valence-corrected chi connectivity index (χ2v) is 8.55. The topological polar surface area (TPSA) is 86.5 Å². The van der Waals surface area contributed by atoms with Gasteiger partial charge in [0.2, 0.25) is 5.91 Å². The number of carbonyl (C=O) groups excluding carboxylic acids is 1. The number of anilines is 1. The molecule has 174 valence electrons. The van der Waals surface area contributed by atoms with Crippen LogP contribution in [-0.4, -0.2) is 29.8 Å². The second kappa shape index (κ2) is 10.8. The van der Waals surface area contributed by atoms with E-state index in [1.165, 1.54) is 6.08 Å². The Balaban J connectivity index is 1.77. The summed E-state index contributed by atoms with van der Waals surface area (Å²) < 4.78 is 16.7. The van der Waals surface area contributed by atoms with E-state index in [1.807, 2.05) is 57.2 Å². The highest BCUT2D eigenvalue weighted by molar-refractivity contribution is 6.04. The molecule has 3 aromatic rings. The lowest BCUT2D eigenvalue weighted by Crippen LogP contribution is -2.10. The minimum Gasteiger partial charge on any atom is -0.493 e. The molecule has 0 aliphatic rings. The molecule has 1 heterocycles. The Morgan fingerprint density at radius 1 is 1.15 bits per heavy atom. The Labute approximate surface area is 194 Å². The number of para-hydroxylation sites is 1. The molecule has 0 fully saturated rings. The Morgan fingerprint density at radius 3 is 2.61 bits per heavy atom. The Morgan fingerprint density at radius 2 is 1.94 bits per heavy atom. The van der Waals surface area contributed by atoms with Crippen molar-refractivity contribution >= 4 is 17.7 Å². The molecule has 0 radical (unpaired) electrons. The summed E-state index contributed by atoms with van der Waals surface area (Å²) in [5.41, 5.74) is 3.04. The lowest BCUT2D eigenvalue weighted by Gasteiger charge is -2.13. The lowest BCUT2D eigenvalue weighted by molar-refractivity contribution is -0.111. The average molecular weight is 450 g/mol. The smallest absolute Gasteiger partial charge is 0.260 e. The first kappa shape index (κ1) is 24.0. The van der Waals surface area contributed by atoms with Crippen molar-refractivity contribution in [1.29, 1.82) is 0 Å². The first-order chi connectivity index (χ1) is 15.8. The van der Waals surface area contributed by atoms with Gasteiger partial charge in [0.15, 0.2) is 17.3 Å². The molecular weight excluding hydrogens is 418 g/mol. The van der Waals surface area contributed by atoms with E-state index in [-0.39, 0.29) is 11.8 Å². The molecule has 1 aromatic heterocycles. The van der Waals surface area contributed by atoms with E-state index in [9.17, 15) is 4.79 Å². The van der Waals surface area contributed by atoms with E-state index in [1.54, 1.807) is 13.2 Å². The number of nitrogens with zero attached hydrogens (tertiary/aromatic N) is 2. The number of amides is 1. The largest absolute Gasteiger partial charge is 0.493 e. The van der Waals surface area contributed by atoms with Gasteiger partial charge in [0.25, 0.3) is 5.89 Å². The third-order valence-corrected chi connectivity index (χ3v) is 4.90. The molecule has 3 rings (SSSR count). The summed E-state index contributed by atoms with van der Waals surface area (Å²) >= 11 is 0. The molecule has 0 saturated carbocycles. The van der Waals surface area contributed by atoms with E-state index in [4.69, 9.17) is 14.0 Å². The predicted molar refractivity (Wildman–Crippen MR) is 130 cm³/mol. The van der Waals surface area contributed by atoms with Crippen molar-refractivity contribution in [3.8, 4) is 23.0 Å². The maximum atomic E-state index is 12.7. The number of rotatable bonds is 9. The molecule has 1 N–H and O–H groups in total. The van der Waals surface area contributed by atoms with Gasteiger partial charge in [-0.15, -0.1) is 0 Å². The number of ether oxygens (including phenoxy) is 2. The zero-order valence-corrected chi connectivity index (χ0v) is 20.0. The summed E-state index contributed by atoms with van der Waals surface area (Å²) in [5, 5.41) is 6.98. The van der Waals surface area contributed by atoms with Crippen molar-refractivity contribution in [2.75, 3.05) is 19.0 Å². The highest BCUT2D eigenvalue weighted by Crippen LogP contribution is 2.31. The average Bonchev–Trinajstić information content (AvgIpc) is 3.28. The van der Waals surface area contributed by atoms with Crippen molar-refractivity contribution < 1.29 is 18.8 Å². The second-order valence-electron chi connectivity index (χ2n) is 8.55. The summed E-state index contributed by atoms with van der Waals surface area (Å²) in [6.45, 7) is 10.7. The number of nitrogens with one attached hydrogen (secondary N) is 1. The molecule has 0 unspecified atom stereocenters. The van der Waals surface area contributed by atoms with Crippen molar-refractivity contribution in [2.24, 2.45) is 5.92 Å². The molecule has 0 aliphatic carbocycles. The molecule has 2 aromatic carbocycles. The third-order valence-electron chi connectivity index (χ3n) is 4.90. The summed E-state index contributed by atoms with van der Waals surface area (Å²) in [6.07, 6.45) is 3.21. The molecule has 7 nitrogen and oxygen atoms in total. The van der Waals surface area contributed by atoms with Crippen LogP contribution in [0.1, 0.15) is 50.6 Å². The summed E-state index contributed by atoms with van der Waals surface area (Å²) in [4.78, 5) is 17.2. The number of hydrogen-bond acceptors (Lipinski definition) is 6. The number of methoxy groups -OCH3 is 1. The number of carbonyl (C=O) groups is 1. The zero-order chi connectivity index (χ0) is 24.0. The minimum absolute atomic E-state index is 0.146. The van der Waals surface area contributed by atoms with Crippen molar-refractivity contribution in [1.82, 2.24) is 10.1 Å². The SMILES string of the molecule is COc1cc(/C=C/C(=O)Nc2c(C)cccc2-c2nc(C(C)C)no2)ccc1OCC(C)C. The van der Waals surface area contributed by atoms with Gasteiger partial charge in [0.05, 0.1) is 25.0 Å². The predicted octanol–water partition coefficient (Wildman–Crippen LogP) is 5.86. The molecular formula is C26H31N3O4. The van der Waals surface area contributed by atoms with Crippen LogP contribution in [0.2, 0.25) is 0 Å². The van der Waals surface area contributed by atoms with Crippen LogP contribution < -0.4 is 14.8 Å². The Hall–Kier alpha value is -3.61. The van der Waals surface area contributed by atoms with Crippen LogP contribution >= 0.6 is 0 Å². The standard InChI is InChI=1S/C26H31N3O4/c1-16(2)15-32-21-12-10-19(14-22(21)31-6)11-13-23(30)27-24-18(5)8-7-9-20(24)26-28-25(17(3)4)29-33-26/h7-14,16-17H,15H2,1-6H3,(H,27,30)/b13-11+. The van der Waals surface area contributed by atoms with E-state index >= 15 is 0 Å². The zero-order valence-electron chi connectivity index (χ0n) is 20.0. The van der Waals surface area contributed by atoms with Crippen LogP contribution in [0.25, 0.3) is 17.5 Å². The number of aryl methyl sites for hydroxylation is 1. The van der Waals surface area contributed by atoms with Crippen LogP contribution in [-0.2, 0) is 4.79 Å². The molecule has 0 bridgehead atoms.